The second-order valence-electron chi connectivity index (χ2n) is 10.5. The number of nitrogens with one attached hydrogen (secondary N) is 2. The zero-order chi connectivity index (χ0) is 30.0. The number of nitrogens with two attached hydrogens (primary N) is 1. The van der Waals surface area contributed by atoms with Crippen molar-refractivity contribution in [3.63, 3.8) is 0 Å². The summed E-state index contributed by atoms with van der Waals surface area (Å²) in [6.07, 6.45) is -2.92. The fraction of sp³-hybridized carbons (Fsp3) is 0.300. The van der Waals surface area contributed by atoms with Crippen LogP contribution < -0.4 is 16.4 Å². The van der Waals surface area contributed by atoms with E-state index in [1.165, 1.54) is 12.1 Å². The number of alkyl halides is 3. The number of benzene rings is 2. The summed E-state index contributed by atoms with van der Waals surface area (Å²) < 4.78 is 43.5. The lowest BCUT2D eigenvalue weighted by atomic mass is 10.0. The standard InChI is InChI=1S/C30H33F3N8O/c1-19-27(20(2)41(38-19)26-5-4-12-35-28(26)34)21-6-9-23(10-7-21)36-29(42)37-24-11-8-22(25(17-24)30(31,32)33)18-40-15-13-39(3)14-16-40/h4-12,17H,13-16,18H2,1-3H3,(H2,34,35)(H2,36,37,42). The highest BCUT2D eigenvalue weighted by Crippen LogP contribution is 2.35. The SMILES string of the molecule is Cc1nn(-c2cccnc2N)c(C)c1-c1ccc(NC(=O)Nc2ccc(CN3CCN(C)CC3)c(C(F)(F)F)c2)cc1. The molecule has 5 rings (SSSR count). The van der Waals surface area contributed by atoms with Gasteiger partial charge in [-0.2, -0.15) is 18.3 Å². The van der Waals surface area contributed by atoms with Gasteiger partial charge in [0.1, 0.15) is 11.5 Å². The number of hydrogen-bond acceptors (Lipinski definition) is 6. The molecule has 0 unspecified atom stereocenters. The normalized spacial score (nSPS) is 14.6. The summed E-state index contributed by atoms with van der Waals surface area (Å²) in [6.45, 7) is 7.07. The number of carbonyl (C=O) groups excluding carboxylic acids is 1. The second kappa shape index (κ2) is 11.8. The van der Waals surface area contributed by atoms with Crippen LogP contribution in [0.25, 0.3) is 16.8 Å². The van der Waals surface area contributed by atoms with E-state index in [1.807, 2.05) is 44.0 Å². The molecule has 1 fully saturated rings. The van der Waals surface area contributed by atoms with Crippen molar-refractivity contribution in [2.45, 2.75) is 26.6 Å². The third-order valence-electron chi connectivity index (χ3n) is 7.43. The van der Waals surface area contributed by atoms with Crippen LogP contribution in [-0.2, 0) is 12.7 Å². The summed E-state index contributed by atoms with van der Waals surface area (Å²) in [5.41, 5.74) is 10.2. The molecule has 4 aromatic rings. The monoisotopic (exact) mass is 578 g/mol. The number of anilines is 3. The van der Waals surface area contributed by atoms with Crippen molar-refractivity contribution in [3.8, 4) is 16.8 Å². The zero-order valence-electron chi connectivity index (χ0n) is 23.7. The molecule has 2 amide bonds. The molecule has 0 aliphatic carbocycles. The van der Waals surface area contributed by atoms with Gasteiger partial charge in [0.05, 0.1) is 11.3 Å². The molecule has 12 heteroatoms. The van der Waals surface area contributed by atoms with E-state index in [4.69, 9.17) is 5.73 Å². The molecular formula is C30H33F3N8O. The quantitative estimate of drug-likeness (QED) is 0.278. The number of halogens is 3. The molecule has 0 bridgehead atoms. The molecule has 0 atom stereocenters. The Morgan fingerprint density at radius 1 is 0.976 bits per heavy atom. The number of aromatic nitrogens is 3. The molecule has 42 heavy (non-hydrogen) atoms. The lowest BCUT2D eigenvalue weighted by molar-refractivity contribution is -0.138. The van der Waals surface area contributed by atoms with Gasteiger partial charge in [-0.15, -0.1) is 0 Å². The molecule has 0 radical (unpaired) electrons. The second-order valence-corrected chi connectivity index (χ2v) is 10.5. The maximum absolute atomic E-state index is 13.9. The first-order valence-electron chi connectivity index (χ1n) is 13.6. The number of carbonyl (C=O) groups is 1. The molecule has 0 saturated carbocycles. The number of hydrogen-bond donors (Lipinski definition) is 3. The van der Waals surface area contributed by atoms with E-state index >= 15 is 0 Å². The summed E-state index contributed by atoms with van der Waals surface area (Å²) in [5, 5.41) is 9.85. The van der Waals surface area contributed by atoms with Crippen LogP contribution in [0.1, 0.15) is 22.5 Å². The molecule has 2 aromatic heterocycles. The van der Waals surface area contributed by atoms with E-state index in [-0.39, 0.29) is 17.8 Å². The Morgan fingerprint density at radius 3 is 2.31 bits per heavy atom. The predicted octanol–water partition coefficient (Wildman–Crippen LogP) is 5.54. The van der Waals surface area contributed by atoms with Crippen molar-refractivity contribution >= 4 is 23.2 Å². The average molecular weight is 579 g/mol. The highest BCUT2D eigenvalue weighted by molar-refractivity contribution is 6.00. The van der Waals surface area contributed by atoms with Gasteiger partial charge in [0.15, 0.2) is 0 Å². The van der Waals surface area contributed by atoms with E-state index in [1.54, 1.807) is 29.1 Å². The van der Waals surface area contributed by atoms with E-state index in [9.17, 15) is 18.0 Å². The number of nitrogens with zero attached hydrogens (tertiary/aromatic N) is 5. The minimum atomic E-state index is -4.54. The first kappa shape index (κ1) is 29.1. The largest absolute Gasteiger partial charge is 0.416 e. The number of urea groups is 1. The first-order chi connectivity index (χ1) is 20.0. The summed E-state index contributed by atoms with van der Waals surface area (Å²) in [6, 6.07) is 14.1. The maximum Gasteiger partial charge on any atom is 0.416 e. The molecule has 1 saturated heterocycles. The van der Waals surface area contributed by atoms with Gasteiger partial charge in [-0.3, -0.25) is 4.90 Å². The summed E-state index contributed by atoms with van der Waals surface area (Å²) >= 11 is 0. The summed E-state index contributed by atoms with van der Waals surface area (Å²) in [4.78, 5) is 21.0. The maximum atomic E-state index is 13.9. The number of pyridine rings is 1. The molecule has 1 aliphatic heterocycles. The minimum absolute atomic E-state index is 0.0620. The van der Waals surface area contributed by atoms with Gasteiger partial charge in [-0.05, 0) is 68.4 Å². The van der Waals surface area contributed by atoms with E-state index < -0.39 is 17.8 Å². The van der Waals surface area contributed by atoms with Crippen molar-refractivity contribution in [1.29, 1.82) is 0 Å². The van der Waals surface area contributed by atoms with E-state index in [0.29, 0.717) is 30.3 Å². The van der Waals surface area contributed by atoms with Crippen LogP contribution in [0.2, 0.25) is 0 Å². The number of likely N-dealkylation sites (N-methyl/N-ethyl adjacent to an activating group) is 1. The van der Waals surface area contributed by atoms with Crippen LogP contribution in [0, 0.1) is 13.8 Å². The summed E-state index contributed by atoms with van der Waals surface area (Å²) in [7, 11) is 2.00. The van der Waals surface area contributed by atoms with Crippen molar-refractivity contribution in [3.05, 3.63) is 83.3 Å². The smallest absolute Gasteiger partial charge is 0.382 e. The Hall–Kier alpha value is -4.42. The minimum Gasteiger partial charge on any atom is -0.382 e. The van der Waals surface area contributed by atoms with Crippen molar-refractivity contribution in [2.75, 3.05) is 49.6 Å². The van der Waals surface area contributed by atoms with Gasteiger partial charge in [0, 0.05) is 61.6 Å². The molecule has 2 aromatic carbocycles. The lowest BCUT2D eigenvalue weighted by Gasteiger charge is -2.33. The first-order valence-corrected chi connectivity index (χ1v) is 13.6. The Balaban J connectivity index is 1.27. The number of piperazine rings is 1. The van der Waals surface area contributed by atoms with Gasteiger partial charge < -0.3 is 21.3 Å². The fourth-order valence-electron chi connectivity index (χ4n) is 5.20. The van der Waals surface area contributed by atoms with Crippen LogP contribution in [-0.4, -0.2) is 63.8 Å². The average Bonchev–Trinajstić information content (AvgIpc) is 3.24. The van der Waals surface area contributed by atoms with Gasteiger partial charge in [-0.1, -0.05) is 18.2 Å². The van der Waals surface area contributed by atoms with Gasteiger partial charge >= 0.3 is 12.2 Å². The lowest BCUT2D eigenvalue weighted by Crippen LogP contribution is -2.44. The van der Waals surface area contributed by atoms with Gasteiger partial charge in [-0.25, -0.2) is 14.5 Å². The number of amides is 2. The Kier molecular flexibility index (Phi) is 8.19. The van der Waals surface area contributed by atoms with E-state index in [2.05, 4.69) is 25.6 Å². The predicted molar refractivity (Wildman–Crippen MR) is 158 cm³/mol. The van der Waals surface area contributed by atoms with Crippen molar-refractivity contribution in [1.82, 2.24) is 24.6 Å². The number of aryl methyl sites for hydroxylation is 1. The number of nitrogen functional groups attached to an aromatic ring is 1. The van der Waals surface area contributed by atoms with E-state index in [0.717, 1.165) is 41.7 Å². The van der Waals surface area contributed by atoms with Crippen molar-refractivity contribution in [2.24, 2.45) is 0 Å². The Labute approximate surface area is 242 Å². The number of rotatable bonds is 6. The molecule has 1 aliphatic rings. The topological polar surface area (TPSA) is 104 Å². The molecule has 220 valence electrons. The Bertz CT molecular complexity index is 1570. The van der Waals surface area contributed by atoms with Crippen LogP contribution in [0.3, 0.4) is 0 Å². The fourth-order valence-corrected chi connectivity index (χ4v) is 5.20. The summed E-state index contributed by atoms with van der Waals surface area (Å²) in [5.74, 6) is 0.368. The molecule has 9 nitrogen and oxygen atoms in total. The molecule has 4 N–H and O–H groups in total. The molecule has 3 heterocycles. The highest BCUT2D eigenvalue weighted by atomic mass is 19.4. The molecular weight excluding hydrogens is 545 g/mol. The van der Waals surface area contributed by atoms with Crippen molar-refractivity contribution < 1.29 is 18.0 Å². The third kappa shape index (κ3) is 6.39. The van der Waals surface area contributed by atoms with Crippen LogP contribution in [0.5, 0.6) is 0 Å². The van der Waals surface area contributed by atoms with Crippen LogP contribution >= 0.6 is 0 Å². The van der Waals surface area contributed by atoms with Crippen LogP contribution in [0.15, 0.2) is 60.8 Å². The third-order valence-corrected chi connectivity index (χ3v) is 7.43. The van der Waals surface area contributed by atoms with Gasteiger partial charge in [0.2, 0.25) is 0 Å². The van der Waals surface area contributed by atoms with Gasteiger partial charge in [0.25, 0.3) is 0 Å². The van der Waals surface area contributed by atoms with Crippen LogP contribution in [0.4, 0.5) is 35.2 Å². The zero-order valence-corrected chi connectivity index (χ0v) is 23.7. The Morgan fingerprint density at radius 2 is 1.64 bits per heavy atom. The highest BCUT2D eigenvalue weighted by Gasteiger charge is 2.34. The molecule has 0 spiro atoms.